The molecule has 0 unspecified atom stereocenters. The first-order valence-electron chi connectivity index (χ1n) is 8.45. The third-order valence-corrected chi connectivity index (χ3v) is 3.44. The fourth-order valence-electron chi connectivity index (χ4n) is 2.31. The second-order valence-corrected chi connectivity index (χ2v) is 6.86. The SMILES string of the molecule is CC(C)(C)OC(=O)Nc1cc(CC#N)c(C#Cc2ccccc2)cc1[N+](=O)[O-]. The molecule has 28 heavy (non-hydrogen) atoms. The van der Waals surface area contributed by atoms with E-state index in [0.717, 1.165) is 5.56 Å². The Labute approximate surface area is 163 Å². The van der Waals surface area contributed by atoms with Gasteiger partial charge in [0.2, 0.25) is 0 Å². The summed E-state index contributed by atoms with van der Waals surface area (Å²) in [7, 11) is 0. The zero-order valence-corrected chi connectivity index (χ0v) is 15.8. The van der Waals surface area contributed by atoms with E-state index in [0.29, 0.717) is 11.1 Å². The summed E-state index contributed by atoms with van der Waals surface area (Å²) in [6, 6.07) is 13.8. The molecule has 0 aromatic heterocycles. The Balaban J connectivity index is 2.47. The van der Waals surface area contributed by atoms with Gasteiger partial charge in [0.15, 0.2) is 0 Å². The molecule has 0 bridgehead atoms. The van der Waals surface area contributed by atoms with Gasteiger partial charge in [-0.1, -0.05) is 30.0 Å². The monoisotopic (exact) mass is 377 g/mol. The van der Waals surface area contributed by atoms with Crippen molar-refractivity contribution in [2.24, 2.45) is 0 Å². The highest BCUT2D eigenvalue weighted by molar-refractivity contribution is 5.88. The van der Waals surface area contributed by atoms with E-state index >= 15 is 0 Å². The smallest absolute Gasteiger partial charge is 0.412 e. The van der Waals surface area contributed by atoms with Gasteiger partial charge in [0.25, 0.3) is 5.69 Å². The Morgan fingerprint density at radius 1 is 1.21 bits per heavy atom. The van der Waals surface area contributed by atoms with Gasteiger partial charge in [-0.2, -0.15) is 5.26 Å². The molecule has 7 heteroatoms. The minimum atomic E-state index is -0.818. The van der Waals surface area contributed by atoms with Gasteiger partial charge in [-0.3, -0.25) is 15.4 Å². The number of anilines is 1. The first kappa shape index (κ1) is 20.5. The van der Waals surface area contributed by atoms with E-state index in [1.165, 1.54) is 12.1 Å². The van der Waals surface area contributed by atoms with Gasteiger partial charge in [-0.25, -0.2) is 4.79 Å². The van der Waals surface area contributed by atoms with Gasteiger partial charge in [-0.05, 0) is 44.5 Å². The van der Waals surface area contributed by atoms with Crippen LogP contribution in [0.25, 0.3) is 0 Å². The third kappa shape index (κ3) is 5.86. The molecule has 7 nitrogen and oxygen atoms in total. The maximum Gasteiger partial charge on any atom is 0.412 e. The summed E-state index contributed by atoms with van der Waals surface area (Å²) in [6.45, 7) is 5.05. The van der Waals surface area contributed by atoms with Gasteiger partial charge < -0.3 is 4.74 Å². The van der Waals surface area contributed by atoms with Crippen LogP contribution in [-0.2, 0) is 11.2 Å². The second-order valence-electron chi connectivity index (χ2n) is 6.86. The van der Waals surface area contributed by atoms with E-state index in [-0.39, 0.29) is 17.8 Å². The van der Waals surface area contributed by atoms with Crippen LogP contribution in [0.15, 0.2) is 42.5 Å². The molecule has 2 rings (SSSR count). The van der Waals surface area contributed by atoms with Crippen LogP contribution in [0.3, 0.4) is 0 Å². The summed E-state index contributed by atoms with van der Waals surface area (Å²) in [4.78, 5) is 22.9. The summed E-state index contributed by atoms with van der Waals surface area (Å²) < 4.78 is 5.15. The molecule has 2 aromatic carbocycles. The molecular formula is C21H19N3O4. The van der Waals surface area contributed by atoms with Crippen molar-refractivity contribution in [3.05, 3.63) is 69.3 Å². The summed E-state index contributed by atoms with van der Waals surface area (Å²) >= 11 is 0. The number of nitrogens with zero attached hydrogens (tertiary/aromatic N) is 2. The standard InChI is InChI=1S/C21H19N3O4/c1-21(2,3)28-20(25)23-18-13-17(11-12-22)16(14-19(18)24(26)27)10-9-15-7-5-4-6-8-15/h4-8,13-14H,11H2,1-3H3,(H,23,25). The number of hydrogen-bond donors (Lipinski definition) is 1. The average molecular weight is 377 g/mol. The zero-order chi connectivity index (χ0) is 20.7. The number of nitrogens with one attached hydrogen (secondary N) is 1. The molecule has 0 aliphatic heterocycles. The summed E-state index contributed by atoms with van der Waals surface area (Å²) in [6.07, 6.45) is -0.832. The molecule has 0 fully saturated rings. The molecule has 0 aliphatic rings. The Bertz CT molecular complexity index is 991. The molecule has 0 saturated heterocycles. The van der Waals surface area contributed by atoms with Gasteiger partial charge in [0.05, 0.1) is 17.4 Å². The number of carbonyl (C=O) groups is 1. The topological polar surface area (TPSA) is 105 Å². The van der Waals surface area contributed by atoms with Crippen molar-refractivity contribution in [1.29, 1.82) is 5.26 Å². The fourth-order valence-corrected chi connectivity index (χ4v) is 2.31. The van der Waals surface area contributed by atoms with Gasteiger partial charge in [0, 0.05) is 17.2 Å². The van der Waals surface area contributed by atoms with Gasteiger partial charge in [-0.15, -0.1) is 0 Å². The predicted octanol–water partition coefficient (Wildman–Crippen LogP) is 4.41. The molecule has 0 radical (unpaired) electrons. The summed E-state index contributed by atoms with van der Waals surface area (Å²) in [5.41, 5.74) is 0.438. The van der Waals surface area contributed by atoms with Crippen LogP contribution >= 0.6 is 0 Å². The Morgan fingerprint density at radius 2 is 1.89 bits per heavy atom. The molecule has 0 aliphatic carbocycles. The quantitative estimate of drug-likeness (QED) is 0.484. The number of rotatable bonds is 3. The minimum Gasteiger partial charge on any atom is -0.444 e. The predicted molar refractivity (Wildman–Crippen MR) is 105 cm³/mol. The van der Waals surface area contributed by atoms with E-state index < -0.39 is 16.6 Å². The van der Waals surface area contributed by atoms with Crippen molar-refractivity contribution in [3.63, 3.8) is 0 Å². The van der Waals surface area contributed by atoms with Crippen LogP contribution in [0.1, 0.15) is 37.5 Å². The summed E-state index contributed by atoms with van der Waals surface area (Å²) in [5, 5.41) is 23.0. The highest BCUT2D eigenvalue weighted by Crippen LogP contribution is 2.29. The van der Waals surface area contributed by atoms with Crippen molar-refractivity contribution >= 4 is 17.5 Å². The van der Waals surface area contributed by atoms with Crippen molar-refractivity contribution in [2.45, 2.75) is 32.8 Å². The maximum atomic E-state index is 12.0. The van der Waals surface area contributed by atoms with Gasteiger partial charge in [0.1, 0.15) is 11.3 Å². The lowest BCUT2D eigenvalue weighted by atomic mass is 10.0. The number of carbonyl (C=O) groups excluding carboxylic acids is 1. The van der Waals surface area contributed by atoms with E-state index in [1.807, 2.05) is 36.4 Å². The molecule has 142 valence electrons. The lowest BCUT2D eigenvalue weighted by Gasteiger charge is -2.19. The number of ether oxygens (including phenoxy) is 1. The van der Waals surface area contributed by atoms with Crippen molar-refractivity contribution < 1.29 is 14.5 Å². The maximum absolute atomic E-state index is 12.0. The molecular weight excluding hydrogens is 358 g/mol. The number of benzene rings is 2. The lowest BCUT2D eigenvalue weighted by Crippen LogP contribution is -2.27. The first-order valence-corrected chi connectivity index (χ1v) is 8.45. The number of nitro groups is 1. The first-order chi connectivity index (χ1) is 13.2. The zero-order valence-electron chi connectivity index (χ0n) is 15.8. The average Bonchev–Trinajstić information content (AvgIpc) is 2.60. The van der Waals surface area contributed by atoms with Crippen LogP contribution in [0, 0.1) is 33.3 Å². The number of amides is 1. The van der Waals surface area contributed by atoms with Crippen molar-refractivity contribution in [1.82, 2.24) is 0 Å². The molecule has 0 saturated carbocycles. The van der Waals surface area contributed by atoms with Crippen LogP contribution < -0.4 is 5.32 Å². The van der Waals surface area contributed by atoms with E-state index in [1.54, 1.807) is 20.8 Å². The number of hydrogen-bond acceptors (Lipinski definition) is 5. The van der Waals surface area contributed by atoms with E-state index in [4.69, 9.17) is 10.00 Å². The van der Waals surface area contributed by atoms with Crippen molar-refractivity contribution in [2.75, 3.05) is 5.32 Å². The minimum absolute atomic E-state index is 0.0141. The highest BCUT2D eigenvalue weighted by atomic mass is 16.6. The van der Waals surface area contributed by atoms with Crippen LogP contribution in [-0.4, -0.2) is 16.6 Å². The van der Waals surface area contributed by atoms with Gasteiger partial charge >= 0.3 is 6.09 Å². The van der Waals surface area contributed by atoms with Crippen molar-refractivity contribution in [3.8, 4) is 17.9 Å². The van der Waals surface area contributed by atoms with Crippen LogP contribution in [0.4, 0.5) is 16.2 Å². The molecule has 1 N–H and O–H groups in total. The molecule has 0 spiro atoms. The number of nitro benzene ring substituents is 1. The largest absolute Gasteiger partial charge is 0.444 e. The molecule has 2 aromatic rings. The second kappa shape index (κ2) is 8.70. The normalized spacial score (nSPS) is 10.2. The highest BCUT2D eigenvalue weighted by Gasteiger charge is 2.22. The Morgan fingerprint density at radius 3 is 2.46 bits per heavy atom. The molecule has 1 amide bonds. The van der Waals surface area contributed by atoms with Crippen LogP contribution in [0.5, 0.6) is 0 Å². The van der Waals surface area contributed by atoms with E-state index in [2.05, 4.69) is 17.2 Å². The summed E-state index contributed by atoms with van der Waals surface area (Å²) in [5.74, 6) is 5.80. The number of nitriles is 1. The fraction of sp³-hybridized carbons (Fsp3) is 0.238. The Hall–Kier alpha value is -3.84. The lowest BCUT2D eigenvalue weighted by molar-refractivity contribution is -0.384. The van der Waals surface area contributed by atoms with E-state index in [9.17, 15) is 14.9 Å². The molecule has 0 atom stereocenters. The molecule has 0 heterocycles. The Kier molecular flexibility index (Phi) is 6.36. The van der Waals surface area contributed by atoms with Crippen LogP contribution in [0.2, 0.25) is 0 Å². The third-order valence-electron chi connectivity index (χ3n) is 3.44.